The molecule has 12 heteroatoms. The predicted octanol–water partition coefficient (Wildman–Crippen LogP) is 3.05. The third-order valence-corrected chi connectivity index (χ3v) is 6.45. The van der Waals surface area contributed by atoms with Crippen LogP contribution in [-0.4, -0.2) is 30.6 Å². The van der Waals surface area contributed by atoms with Gasteiger partial charge in [-0.3, -0.25) is 4.79 Å². The first-order chi connectivity index (χ1) is 13.9. The number of anilines is 1. The maximum absolute atomic E-state index is 13.4. The number of hydrogen-bond donors (Lipinski definition) is 2. The number of amides is 1. The minimum Gasteiger partial charge on any atom is -0.345 e. The van der Waals surface area contributed by atoms with Crippen molar-refractivity contribution in [2.45, 2.75) is 35.9 Å². The van der Waals surface area contributed by atoms with Gasteiger partial charge in [0.2, 0.25) is 10.0 Å². The van der Waals surface area contributed by atoms with Crippen LogP contribution in [0.1, 0.15) is 35.3 Å². The van der Waals surface area contributed by atoms with E-state index < -0.39 is 38.4 Å². The monoisotopic (exact) mass is 444 g/mol. The summed E-state index contributed by atoms with van der Waals surface area (Å²) in [5.74, 6) is -1.56. The van der Waals surface area contributed by atoms with E-state index in [1.54, 1.807) is 10.8 Å². The number of carbonyl (C=O) groups excluding carboxylic acids is 1. The van der Waals surface area contributed by atoms with Crippen molar-refractivity contribution < 1.29 is 30.8 Å². The van der Waals surface area contributed by atoms with Gasteiger partial charge in [-0.1, -0.05) is 0 Å². The predicted molar refractivity (Wildman–Crippen MR) is 97.4 cm³/mol. The summed E-state index contributed by atoms with van der Waals surface area (Å²) in [5.41, 5.74) is -2.88. The lowest BCUT2D eigenvalue weighted by Crippen LogP contribution is -2.62. The van der Waals surface area contributed by atoms with E-state index in [0.717, 1.165) is 29.0 Å². The molecule has 30 heavy (non-hydrogen) atoms. The molecule has 2 aromatic rings. The van der Waals surface area contributed by atoms with Crippen molar-refractivity contribution in [1.29, 1.82) is 5.26 Å². The van der Waals surface area contributed by atoms with Gasteiger partial charge in [-0.2, -0.15) is 23.2 Å². The molecule has 1 saturated carbocycles. The van der Waals surface area contributed by atoms with Crippen LogP contribution in [0.15, 0.2) is 35.4 Å². The Morgan fingerprint density at radius 2 is 1.93 bits per heavy atom. The molecule has 0 saturated heterocycles. The molecule has 1 aliphatic carbocycles. The normalized spacial score (nSPS) is 15.9. The van der Waals surface area contributed by atoms with E-state index in [1.807, 2.05) is 0 Å². The highest BCUT2D eigenvalue weighted by molar-refractivity contribution is 7.89. The third-order valence-electron chi connectivity index (χ3n) is 4.95. The number of hydrogen-bond acceptors (Lipinski definition) is 4. The summed E-state index contributed by atoms with van der Waals surface area (Å²) < 4.78 is 81.2. The van der Waals surface area contributed by atoms with Crippen LogP contribution in [0.5, 0.6) is 0 Å². The second-order valence-electron chi connectivity index (χ2n) is 6.97. The van der Waals surface area contributed by atoms with Gasteiger partial charge in [-0.05, 0) is 43.5 Å². The van der Waals surface area contributed by atoms with E-state index >= 15 is 0 Å². The highest BCUT2D eigenvalue weighted by Crippen LogP contribution is 2.46. The first-order valence-electron chi connectivity index (χ1n) is 8.67. The highest BCUT2D eigenvalue weighted by Gasteiger charge is 2.60. The van der Waals surface area contributed by atoms with Crippen LogP contribution in [0.4, 0.5) is 23.2 Å². The van der Waals surface area contributed by atoms with Crippen LogP contribution in [0.3, 0.4) is 0 Å². The fraction of sp³-hybridized carbons (Fsp3) is 0.333. The summed E-state index contributed by atoms with van der Waals surface area (Å²) in [6.45, 7) is 0. The fourth-order valence-electron chi connectivity index (χ4n) is 3.08. The number of aryl methyl sites for hydroxylation is 1. The molecule has 160 valence electrons. The Morgan fingerprint density at radius 1 is 1.27 bits per heavy atom. The lowest BCUT2D eigenvalue weighted by molar-refractivity contribution is -0.212. The third kappa shape index (κ3) is 3.90. The SMILES string of the molecule is Cn1cc(S(=O)(=O)NC2(C(F)(F)F)CCC2)cc1C(=O)Nc1ccc(F)c(C#N)c1. The number of nitriles is 1. The summed E-state index contributed by atoms with van der Waals surface area (Å²) in [4.78, 5) is 12.0. The van der Waals surface area contributed by atoms with Crippen molar-refractivity contribution in [3.8, 4) is 6.07 Å². The molecule has 0 spiro atoms. The Labute approximate surface area is 169 Å². The van der Waals surface area contributed by atoms with E-state index in [0.29, 0.717) is 0 Å². The van der Waals surface area contributed by atoms with Crippen molar-refractivity contribution in [2.75, 3.05) is 5.32 Å². The molecule has 1 aromatic heterocycles. The van der Waals surface area contributed by atoms with Crippen LogP contribution >= 0.6 is 0 Å². The standard InChI is InChI=1S/C18H16F4N4O3S/c1-26-10-13(30(28,29)25-17(5-2-6-17)18(20,21)22)8-15(26)16(27)24-12-3-4-14(19)11(7-12)9-23/h3-4,7-8,10,25H,2,5-6H2,1H3,(H,24,27). The zero-order valence-corrected chi connectivity index (χ0v) is 16.4. The van der Waals surface area contributed by atoms with Gasteiger partial charge in [0, 0.05) is 18.9 Å². The van der Waals surface area contributed by atoms with Crippen molar-refractivity contribution in [3.63, 3.8) is 0 Å². The van der Waals surface area contributed by atoms with Gasteiger partial charge in [0.1, 0.15) is 28.0 Å². The summed E-state index contributed by atoms with van der Waals surface area (Å²) in [7, 11) is -3.20. The molecule has 7 nitrogen and oxygen atoms in total. The van der Waals surface area contributed by atoms with E-state index in [-0.39, 0.29) is 36.2 Å². The zero-order chi connectivity index (χ0) is 22.3. The molecule has 0 unspecified atom stereocenters. The number of alkyl halides is 3. The second-order valence-corrected chi connectivity index (χ2v) is 8.65. The second kappa shape index (κ2) is 7.41. The molecular formula is C18H16F4N4O3S. The average Bonchev–Trinajstić information content (AvgIpc) is 3.01. The van der Waals surface area contributed by atoms with Crippen molar-refractivity contribution in [2.24, 2.45) is 7.05 Å². The van der Waals surface area contributed by atoms with Crippen molar-refractivity contribution >= 4 is 21.6 Å². The molecule has 1 aliphatic rings. The van der Waals surface area contributed by atoms with E-state index in [9.17, 15) is 30.8 Å². The molecule has 0 radical (unpaired) electrons. The van der Waals surface area contributed by atoms with Gasteiger partial charge >= 0.3 is 6.18 Å². The number of carbonyl (C=O) groups is 1. The first-order valence-corrected chi connectivity index (χ1v) is 10.1. The highest BCUT2D eigenvalue weighted by atomic mass is 32.2. The molecule has 3 rings (SSSR count). The lowest BCUT2D eigenvalue weighted by Gasteiger charge is -2.43. The summed E-state index contributed by atoms with van der Waals surface area (Å²) in [5, 5.41) is 11.2. The summed E-state index contributed by atoms with van der Waals surface area (Å²) >= 11 is 0. The van der Waals surface area contributed by atoms with Crippen LogP contribution in [0.2, 0.25) is 0 Å². The van der Waals surface area contributed by atoms with Crippen LogP contribution in [-0.2, 0) is 17.1 Å². The molecule has 0 bridgehead atoms. The van der Waals surface area contributed by atoms with Gasteiger partial charge in [0.25, 0.3) is 5.91 Å². The Morgan fingerprint density at radius 3 is 2.47 bits per heavy atom. The number of benzene rings is 1. The molecule has 1 heterocycles. The molecule has 0 atom stereocenters. The minimum atomic E-state index is -4.74. The topological polar surface area (TPSA) is 104 Å². The van der Waals surface area contributed by atoms with Crippen molar-refractivity contribution in [3.05, 3.63) is 47.5 Å². The number of sulfonamides is 1. The lowest BCUT2D eigenvalue weighted by atomic mass is 9.77. The first kappa shape index (κ1) is 21.8. The maximum Gasteiger partial charge on any atom is 0.407 e. The largest absolute Gasteiger partial charge is 0.407 e. The Hall–Kier alpha value is -2.91. The molecule has 1 amide bonds. The Balaban J connectivity index is 1.84. The minimum absolute atomic E-state index is 0.0900. The smallest absolute Gasteiger partial charge is 0.345 e. The fourth-order valence-corrected chi connectivity index (χ4v) is 4.60. The van der Waals surface area contributed by atoms with E-state index in [4.69, 9.17) is 5.26 Å². The average molecular weight is 444 g/mol. The van der Waals surface area contributed by atoms with Crippen LogP contribution < -0.4 is 10.0 Å². The molecule has 1 aromatic carbocycles. The molecular weight excluding hydrogens is 428 g/mol. The number of nitrogens with one attached hydrogen (secondary N) is 2. The Kier molecular flexibility index (Phi) is 5.38. The summed E-state index contributed by atoms with van der Waals surface area (Å²) in [6.07, 6.45) is -4.20. The molecule has 1 fully saturated rings. The van der Waals surface area contributed by atoms with Gasteiger partial charge in [-0.15, -0.1) is 0 Å². The van der Waals surface area contributed by atoms with Gasteiger partial charge < -0.3 is 9.88 Å². The van der Waals surface area contributed by atoms with E-state index in [2.05, 4.69) is 5.32 Å². The van der Waals surface area contributed by atoms with Gasteiger partial charge in [-0.25, -0.2) is 12.8 Å². The van der Waals surface area contributed by atoms with Crippen LogP contribution in [0.25, 0.3) is 0 Å². The van der Waals surface area contributed by atoms with E-state index in [1.165, 1.54) is 13.1 Å². The Bertz CT molecular complexity index is 1150. The number of aromatic nitrogens is 1. The number of rotatable bonds is 5. The quantitative estimate of drug-likeness (QED) is 0.692. The molecule has 0 aliphatic heterocycles. The number of nitrogens with zero attached hydrogens (tertiary/aromatic N) is 2. The van der Waals surface area contributed by atoms with Crippen LogP contribution in [0, 0.1) is 17.1 Å². The summed E-state index contributed by atoms with van der Waals surface area (Å²) in [6, 6.07) is 5.84. The number of halogens is 4. The van der Waals surface area contributed by atoms with Gasteiger partial charge in [0.15, 0.2) is 0 Å². The van der Waals surface area contributed by atoms with Crippen molar-refractivity contribution in [1.82, 2.24) is 9.29 Å². The van der Waals surface area contributed by atoms with Gasteiger partial charge in [0.05, 0.1) is 5.56 Å². The maximum atomic E-state index is 13.4. The zero-order valence-electron chi connectivity index (χ0n) is 15.5. The molecule has 2 N–H and O–H groups in total.